The third kappa shape index (κ3) is 4.75. The number of amides is 1. The van der Waals surface area contributed by atoms with Crippen LogP contribution in [-0.4, -0.2) is 60.9 Å². The second-order valence-corrected chi connectivity index (χ2v) is 8.34. The van der Waals surface area contributed by atoms with E-state index in [0.29, 0.717) is 34.9 Å². The lowest BCUT2D eigenvalue weighted by molar-refractivity contribution is -0.139. The first-order valence-electron chi connectivity index (χ1n) is 10.1. The lowest BCUT2D eigenvalue weighted by atomic mass is 9.94. The van der Waals surface area contributed by atoms with Gasteiger partial charge in [-0.05, 0) is 63.8 Å². The molecule has 0 saturated carbocycles. The topological polar surface area (TPSA) is 70.1 Å². The number of hydrogen-bond donors (Lipinski definition) is 1. The largest absolute Gasteiger partial charge is 0.507 e. The highest BCUT2D eigenvalue weighted by Crippen LogP contribution is 2.41. The maximum absolute atomic E-state index is 13.1. The van der Waals surface area contributed by atoms with Gasteiger partial charge in [-0.1, -0.05) is 35.4 Å². The molecule has 0 aliphatic carbocycles. The van der Waals surface area contributed by atoms with Crippen LogP contribution in [0.3, 0.4) is 0 Å². The third-order valence-corrected chi connectivity index (χ3v) is 5.59. The number of carbonyl (C=O) groups excluding carboxylic acids is 2. The zero-order valence-electron chi connectivity index (χ0n) is 18.2. The number of nitrogens with zero attached hydrogens (tertiary/aromatic N) is 2. The molecule has 164 valence electrons. The fourth-order valence-corrected chi connectivity index (χ4v) is 3.94. The van der Waals surface area contributed by atoms with Crippen molar-refractivity contribution < 1.29 is 19.4 Å². The summed E-state index contributed by atoms with van der Waals surface area (Å²) in [4.78, 5) is 29.6. The lowest BCUT2D eigenvalue weighted by Crippen LogP contribution is -2.32. The first kappa shape index (κ1) is 22.8. The van der Waals surface area contributed by atoms with E-state index in [1.807, 2.05) is 32.0 Å². The summed E-state index contributed by atoms with van der Waals surface area (Å²) in [6.07, 6.45) is 0.692. The van der Waals surface area contributed by atoms with Gasteiger partial charge in [0.05, 0.1) is 24.3 Å². The molecule has 31 heavy (non-hydrogen) atoms. The van der Waals surface area contributed by atoms with E-state index in [-0.39, 0.29) is 11.3 Å². The lowest BCUT2D eigenvalue weighted by Gasteiger charge is -2.26. The number of carbonyl (C=O) groups is 2. The number of benzene rings is 2. The molecule has 0 bridgehead atoms. The van der Waals surface area contributed by atoms with E-state index in [0.717, 1.165) is 12.1 Å². The van der Waals surface area contributed by atoms with Crippen LogP contribution in [0.4, 0.5) is 0 Å². The molecule has 1 fully saturated rings. The SMILES string of the molecule is COc1ccc(C)cc1/C(O)=C1\C(=O)C(=O)N(CCCN(C)C)C1c1ccc(Cl)cc1. The molecule has 2 aromatic rings. The number of methoxy groups -OCH3 is 1. The van der Waals surface area contributed by atoms with Crippen molar-refractivity contribution >= 4 is 29.1 Å². The molecule has 3 rings (SSSR count). The highest BCUT2D eigenvalue weighted by molar-refractivity contribution is 6.46. The summed E-state index contributed by atoms with van der Waals surface area (Å²) in [6, 6.07) is 11.6. The number of aryl methyl sites for hydroxylation is 1. The Labute approximate surface area is 187 Å². The summed E-state index contributed by atoms with van der Waals surface area (Å²) in [5, 5.41) is 11.8. The highest BCUT2D eigenvalue weighted by atomic mass is 35.5. The molecule has 0 spiro atoms. The molecule has 1 N–H and O–H groups in total. The molecular formula is C24H27ClN2O4. The molecule has 1 heterocycles. The van der Waals surface area contributed by atoms with Gasteiger partial charge < -0.3 is 19.6 Å². The van der Waals surface area contributed by atoms with Crippen LogP contribution in [-0.2, 0) is 9.59 Å². The smallest absolute Gasteiger partial charge is 0.295 e. The van der Waals surface area contributed by atoms with Crippen molar-refractivity contribution in [2.24, 2.45) is 0 Å². The standard InChI is InChI=1S/C24H27ClN2O4/c1-15-6-11-19(31-4)18(14-15)22(28)20-21(16-7-9-17(25)10-8-16)27(24(30)23(20)29)13-5-12-26(2)3/h6-11,14,21,28H,5,12-13H2,1-4H3/b22-20+. The average molecular weight is 443 g/mol. The van der Waals surface area contributed by atoms with Crippen LogP contribution in [0.15, 0.2) is 48.0 Å². The number of ether oxygens (including phenoxy) is 1. The van der Waals surface area contributed by atoms with Gasteiger partial charge in [0, 0.05) is 11.6 Å². The van der Waals surface area contributed by atoms with Crippen molar-refractivity contribution in [1.82, 2.24) is 9.80 Å². The summed E-state index contributed by atoms with van der Waals surface area (Å²) >= 11 is 6.05. The predicted octanol–water partition coefficient (Wildman–Crippen LogP) is 4.03. The fraction of sp³-hybridized carbons (Fsp3) is 0.333. The van der Waals surface area contributed by atoms with E-state index in [1.54, 1.807) is 36.4 Å². The third-order valence-electron chi connectivity index (χ3n) is 5.34. The Bertz CT molecular complexity index is 1010. The maximum atomic E-state index is 13.1. The molecule has 1 aliphatic heterocycles. The van der Waals surface area contributed by atoms with Gasteiger partial charge in [0.1, 0.15) is 11.5 Å². The number of hydrogen-bond acceptors (Lipinski definition) is 5. The number of rotatable bonds is 7. The molecule has 1 aliphatic rings. The first-order chi connectivity index (χ1) is 14.7. The summed E-state index contributed by atoms with van der Waals surface area (Å²) in [5.41, 5.74) is 2.04. The normalized spacial score (nSPS) is 18.1. The average Bonchev–Trinajstić information content (AvgIpc) is 2.98. The number of aliphatic hydroxyl groups is 1. The summed E-state index contributed by atoms with van der Waals surface area (Å²) in [5.74, 6) is -1.14. The van der Waals surface area contributed by atoms with Crippen molar-refractivity contribution in [1.29, 1.82) is 0 Å². The molecule has 7 heteroatoms. The van der Waals surface area contributed by atoms with Crippen LogP contribution in [0.2, 0.25) is 5.02 Å². The second kappa shape index (κ2) is 9.54. The minimum absolute atomic E-state index is 0.0566. The monoisotopic (exact) mass is 442 g/mol. The van der Waals surface area contributed by atoms with Gasteiger partial charge in [-0.15, -0.1) is 0 Å². The van der Waals surface area contributed by atoms with Crippen LogP contribution in [0, 0.1) is 6.92 Å². The molecule has 1 unspecified atom stereocenters. The van der Waals surface area contributed by atoms with Crippen molar-refractivity contribution in [3.8, 4) is 5.75 Å². The van der Waals surface area contributed by atoms with Gasteiger partial charge in [-0.3, -0.25) is 9.59 Å². The minimum Gasteiger partial charge on any atom is -0.507 e. The van der Waals surface area contributed by atoms with Gasteiger partial charge >= 0.3 is 0 Å². The van der Waals surface area contributed by atoms with Crippen LogP contribution in [0.25, 0.3) is 5.76 Å². The predicted molar refractivity (Wildman–Crippen MR) is 121 cm³/mol. The molecule has 1 atom stereocenters. The van der Waals surface area contributed by atoms with Gasteiger partial charge in [0.2, 0.25) is 0 Å². The number of halogens is 1. The zero-order valence-corrected chi connectivity index (χ0v) is 18.9. The summed E-state index contributed by atoms with van der Waals surface area (Å²) < 4.78 is 5.39. The summed E-state index contributed by atoms with van der Waals surface area (Å²) in [6.45, 7) is 3.03. The van der Waals surface area contributed by atoms with Crippen LogP contribution in [0.1, 0.15) is 29.2 Å². The van der Waals surface area contributed by atoms with E-state index in [4.69, 9.17) is 16.3 Å². The Balaban J connectivity index is 2.15. The highest BCUT2D eigenvalue weighted by Gasteiger charge is 2.46. The van der Waals surface area contributed by atoms with Crippen molar-refractivity contribution in [2.75, 3.05) is 34.3 Å². The molecule has 0 radical (unpaired) electrons. The van der Waals surface area contributed by atoms with Gasteiger partial charge in [0.15, 0.2) is 0 Å². The Kier molecular flexibility index (Phi) is 7.03. The maximum Gasteiger partial charge on any atom is 0.295 e. The molecule has 1 amide bonds. The van der Waals surface area contributed by atoms with E-state index in [9.17, 15) is 14.7 Å². The van der Waals surface area contributed by atoms with Crippen molar-refractivity contribution in [3.05, 3.63) is 69.8 Å². The Morgan fingerprint density at radius 3 is 2.45 bits per heavy atom. The number of aliphatic hydroxyl groups excluding tert-OH is 1. The van der Waals surface area contributed by atoms with E-state index >= 15 is 0 Å². The minimum atomic E-state index is -0.704. The fourth-order valence-electron chi connectivity index (χ4n) is 3.81. The Hall–Kier alpha value is -2.83. The van der Waals surface area contributed by atoms with Gasteiger partial charge in [-0.2, -0.15) is 0 Å². The zero-order chi connectivity index (χ0) is 22.7. The molecule has 1 saturated heterocycles. The number of likely N-dealkylation sites (tertiary alicyclic amines) is 1. The van der Waals surface area contributed by atoms with Gasteiger partial charge in [0.25, 0.3) is 11.7 Å². The van der Waals surface area contributed by atoms with Crippen molar-refractivity contribution in [3.63, 3.8) is 0 Å². The molecule has 0 aromatic heterocycles. The Morgan fingerprint density at radius 1 is 1.16 bits per heavy atom. The molecule has 2 aromatic carbocycles. The van der Waals surface area contributed by atoms with Crippen molar-refractivity contribution in [2.45, 2.75) is 19.4 Å². The second-order valence-electron chi connectivity index (χ2n) is 7.90. The number of Topliss-reactive ketones (excluding diaryl/α,β-unsaturated/α-hetero) is 1. The van der Waals surface area contributed by atoms with E-state index in [2.05, 4.69) is 0 Å². The molecule has 6 nitrogen and oxygen atoms in total. The van der Waals surface area contributed by atoms with Crippen LogP contribution in [0.5, 0.6) is 5.75 Å². The Morgan fingerprint density at radius 2 is 1.84 bits per heavy atom. The first-order valence-corrected chi connectivity index (χ1v) is 10.5. The molecular weight excluding hydrogens is 416 g/mol. The van der Waals surface area contributed by atoms with Gasteiger partial charge in [-0.25, -0.2) is 0 Å². The van der Waals surface area contributed by atoms with E-state index < -0.39 is 17.7 Å². The quantitative estimate of drug-likeness (QED) is 0.398. The van der Waals surface area contributed by atoms with Crippen LogP contribution >= 0.6 is 11.6 Å². The number of ketones is 1. The van der Waals surface area contributed by atoms with Crippen LogP contribution < -0.4 is 4.74 Å². The summed E-state index contributed by atoms with van der Waals surface area (Å²) in [7, 11) is 5.40. The van der Waals surface area contributed by atoms with E-state index in [1.165, 1.54) is 12.0 Å².